The number of halogens is 3. The van der Waals surface area contributed by atoms with Crippen molar-refractivity contribution in [2.75, 3.05) is 6.54 Å². The molecule has 0 amide bonds. The maximum Gasteiger partial charge on any atom is 0.418 e. The molecule has 1 aromatic heterocycles. The number of hydrogen-bond acceptors (Lipinski definition) is 1. The number of aromatic nitrogens is 1. The topological polar surface area (TPSA) is 30.9 Å². The van der Waals surface area contributed by atoms with Crippen molar-refractivity contribution >= 4 is 10.9 Å². The quantitative estimate of drug-likeness (QED) is 0.898. The van der Waals surface area contributed by atoms with Crippen molar-refractivity contribution in [2.45, 2.75) is 19.0 Å². The van der Waals surface area contributed by atoms with Crippen molar-refractivity contribution < 1.29 is 13.2 Å². The second kappa shape index (κ2) is 4.65. The maximum atomic E-state index is 12.9. The van der Waals surface area contributed by atoms with Gasteiger partial charge in [-0.2, -0.15) is 13.2 Å². The number of benzene rings is 1. The SMILES string of the molecule is Cn1cc(CCCN)c2cccc(C(F)(F)F)c21. The molecule has 0 aliphatic heterocycles. The molecule has 0 saturated heterocycles. The van der Waals surface area contributed by atoms with Gasteiger partial charge in [-0.1, -0.05) is 12.1 Å². The molecule has 2 aromatic rings. The highest BCUT2D eigenvalue weighted by Gasteiger charge is 2.33. The summed E-state index contributed by atoms with van der Waals surface area (Å²) in [6.45, 7) is 0.537. The van der Waals surface area contributed by atoms with Crippen LogP contribution in [0.15, 0.2) is 24.4 Å². The van der Waals surface area contributed by atoms with E-state index in [1.807, 2.05) is 0 Å². The lowest BCUT2D eigenvalue weighted by Crippen LogP contribution is -2.07. The Morgan fingerprint density at radius 2 is 2.00 bits per heavy atom. The Kier molecular flexibility index (Phi) is 3.34. The highest BCUT2D eigenvalue weighted by atomic mass is 19.4. The van der Waals surface area contributed by atoms with Gasteiger partial charge in [-0.25, -0.2) is 0 Å². The molecule has 0 aliphatic rings. The van der Waals surface area contributed by atoms with Crippen LogP contribution in [0.25, 0.3) is 10.9 Å². The van der Waals surface area contributed by atoms with Gasteiger partial charge >= 0.3 is 6.18 Å². The van der Waals surface area contributed by atoms with Gasteiger partial charge in [0.1, 0.15) is 0 Å². The molecular formula is C13H15F3N2. The van der Waals surface area contributed by atoms with E-state index in [4.69, 9.17) is 5.73 Å². The lowest BCUT2D eigenvalue weighted by molar-refractivity contribution is -0.136. The number of hydrogen-bond donors (Lipinski definition) is 1. The van der Waals surface area contributed by atoms with Crippen molar-refractivity contribution in [3.8, 4) is 0 Å². The molecule has 0 unspecified atom stereocenters. The number of nitrogens with zero attached hydrogens (tertiary/aromatic N) is 1. The highest BCUT2D eigenvalue weighted by Crippen LogP contribution is 2.36. The highest BCUT2D eigenvalue weighted by molar-refractivity contribution is 5.87. The Morgan fingerprint density at radius 1 is 1.28 bits per heavy atom. The maximum absolute atomic E-state index is 12.9. The van der Waals surface area contributed by atoms with Crippen LogP contribution < -0.4 is 5.73 Å². The van der Waals surface area contributed by atoms with Crippen LogP contribution in [0.4, 0.5) is 13.2 Å². The molecule has 0 saturated carbocycles. The third kappa shape index (κ3) is 2.22. The summed E-state index contributed by atoms with van der Waals surface area (Å²) >= 11 is 0. The fourth-order valence-corrected chi connectivity index (χ4v) is 2.27. The van der Waals surface area contributed by atoms with E-state index in [1.54, 1.807) is 23.9 Å². The standard InChI is InChI=1S/C13H15F3N2/c1-18-8-9(4-3-7-17)10-5-2-6-11(12(10)18)13(14,15)16/h2,5-6,8H,3-4,7,17H2,1H3. The van der Waals surface area contributed by atoms with Crippen molar-refractivity contribution in [3.05, 3.63) is 35.5 Å². The largest absolute Gasteiger partial charge is 0.418 e. The number of para-hydroxylation sites is 1. The molecule has 1 heterocycles. The lowest BCUT2D eigenvalue weighted by Gasteiger charge is -2.09. The first-order valence-electron chi connectivity index (χ1n) is 5.79. The fourth-order valence-electron chi connectivity index (χ4n) is 2.27. The Hall–Kier alpha value is -1.49. The summed E-state index contributed by atoms with van der Waals surface area (Å²) in [7, 11) is 1.64. The Balaban J connectivity index is 2.61. The van der Waals surface area contributed by atoms with E-state index < -0.39 is 11.7 Å². The molecule has 98 valence electrons. The number of aryl methyl sites for hydroxylation is 2. The third-order valence-corrected chi connectivity index (χ3v) is 3.04. The normalized spacial score (nSPS) is 12.3. The van der Waals surface area contributed by atoms with Crippen LogP contribution in [0.3, 0.4) is 0 Å². The van der Waals surface area contributed by atoms with E-state index in [-0.39, 0.29) is 5.52 Å². The lowest BCUT2D eigenvalue weighted by atomic mass is 10.1. The summed E-state index contributed by atoms with van der Waals surface area (Å²) in [5.74, 6) is 0. The molecule has 2 rings (SSSR count). The smallest absolute Gasteiger partial charge is 0.350 e. The van der Waals surface area contributed by atoms with Gasteiger partial charge in [0, 0.05) is 18.6 Å². The molecule has 2 nitrogen and oxygen atoms in total. The van der Waals surface area contributed by atoms with Crippen LogP contribution >= 0.6 is 0 Å². The molecule has 0 aliphatic carbocycles. The van der Waals surface area contributed by atoms with Crippen molar-refractivity contribution in [3.63, 3.8) is 0 Å². The van der Waals surface area contributed by atoms with Gasteiger partial charge in [-0.05, 0) is 31.0 Å². The molecular weight excluding hydrogens is 241 g/mol. The summed E-state index contributed by atoms with van der Waals surface area (Å²) in [4.78, 5) is 0. The van der Waals surface area contributed by atoms with Gasteiger partial charge in [0.2, 0.25) is 0 Å². The van der Waals surface area contributed by atoms with E-state index in [0.29, 0.717) is 18.4 Å². The van der Waals surface area contributed by atoms with Gasteiger partial charge in [-0.3, -0.25) is 0 Å². The van der Waals surface area contributed by atoms with E-state index >= 15 is 0 Å². The summed E-state index contributed by atoms with van der Waals surface area (Å²) < 4.78 is 40.3. The van der Waals surface area contributed by atoms with Crippen LogP contribution in [-0.4, -0.2) is 11.1 Å². The van der Waals surface area contributed by atoms with Crippen LogP contribution in [0.2, 0.25) is 0 Å². The number of alkyl halides is 3. The molecule has 18 heavy (non-hydrogen) atoms. The minimum absolute atomic E-state index is 0.247. The van der Waals surface area contributed by atoms with E-state index in [1.165, 1.54) is 6.07 Å². The number of fused-ring (bicyclic) bond motifs is 1. The molecule has 0 spiro atoms. The van der Waals surface area contributed by atoms with Crippen molar-refractivity contribution in [1.82, 2.24) is 4.57 Å². The minimum Gasteiger partial charge on any atom is -0.350 e. The number of rotatable bonds is 3. The molecule has 2 N–H and O–H groups in total. The van der Waals surface area contributed by atoms with Crippen molar-refractivity contribution in [1.29, 1.82) is 0 Å². The zero-order valence-corrected chi connectivity index (χ0v) is 10.1. The third-order valence-electron chi connectivity index (χ3n) is 3.04. The van der Waals surface area contributed by atoms with Crippen molar-refractivity contribution in [2.24, 2.45) is 12.8 Å². The van der Waals surface area contributed by atoms with Crippen LogP contribution in [-0.2, 0) is 19.6 Å². The zero-order valence-electron chi connectivity index (χ0n) is 10.1. The first-order valence-corrected chi connectivity index (χ1v) is 5.79. The second-order valence-corrected chi connectivity index (χ2v) is 4.36. The van der Waals surface area contributed by atoms with Gasteiger partial charge in [0.15, 0.2) is 0 Å². The van der Waals surface area contributed by atoms with Gasteiger partial charge in [0.05, 0.1) is 11.1 Å². The average Bonchev–Trinajstić information content (AvgIpc) is 2.63. The monoisotopic (exact) mass is 256 g/mol. The summed E-state index contributed by atoms with van der Waals surface area (Å²) in [6.07, 6.45) is -1.09. The Labute approximate surface area is 103 Å². The first kappa shape index (κ1) is 13.0. The Morgan fingerprint density at radius 3 is 2.61 bits per heavy atom. The molecule has 0 radical (unpaired) electrons. The Bertz CT molecular complexity index is 555. The fraction of sp³-hybridized carbons (Fsp3) is 0.385. The minimum atomic E-state index is -4.32. The summed E-state index contributed by atoms with van der Waals surface area (Å²) in [6, 6.07) is 4.31. The molecule has 0 bridgehead atoms. The first-order chi connectivity index (χ1) is 8.45. The molecule has 0 fully saturated rings. The second-order valence-electron chi connectivity index (χ2n) is 4.36. The van der Waals surface area contributed by atoms with Crippen LogP contribution in [0.1, 0.15) is 17.5 Å². The molecule has 0 atom stereocenters. The molecule has 5 heteroatoms. The van der Waals surface area contributed by atoms with Gasteiger partial charge in [0.25, 0.3) is 0 Å². The number of nitrogens with two attached hydrogens (primary N) is 1. The van der Waals surface area contributed by atoms with E-state index in [9.17, 15) is 13.2 Å². The summed E-state index contributed by atoms with van der Waals surface area (Å²) in [5.41, 5.74) is 6.03. The van der Waals surface area contributed by atoms with Crippen LogP contribution in [0, 0.1) is 0 Å². The molecule has 1 aromatic carbocycles. The predicted molar refractivity (Wildman–Crippen MR) is 65.3 cm³/mol. The average molecular weight is 256 g/mol. The zero-order chi connectivity index (χ0) is 13.3. The van der Waals surface area contributed by atoms with E-state index in [0.717, 1.165) is 18.1 Å². The van der Waals surface area contributed by atoms with Crippen LogP contribution in [0.5, 0.6) is 0 Å². The predicted octanol–water partition coefficient (Wildman–Crippen LogP) is 3.09. The van der Waals surface area contributed by atoms with E-state index in [2.05, 4.69) is 0 Å². The summed E-state index contributed by atoms with van der Waals surface area (Å²) in [5, 5.41) is 0.667. The van der Waals surface area contributed by atoms with Gasteiger partial charge < -0.3 is 10.3 Å². The van der Waals surface area contributed by atoms with Gasteiger partial charge in [-0.15, -0.1) is 0 Å².